The molecule has 1 unspecified atom stereocenters. The van der Waals surface area contributed by atoms with E-state index >= 15 is 0 Å². The molecule has 1 aliphatic carbocycles. The lowest BCUT2D eigenvalue weighted by Crippen LogP contribution is -2.51. The fourth-order valence-corrected chi connectivity index (χ4v) is 3.66. The minimum atomic E-state index is -1.34. The van der Waals surface area contributed by atoms with Gasteiger partial charge >= 0.3 is 12.1 Å². The number of carboxylic acids is 1. The van der Waals surface area contributed by atoms with Crippen molar-refractivity contribution in [2.75, 3.05) is 13.2 Å². The average molecular weight is 424 g/mol. The molecule has 2 aromatic rings. The predicted octanol–water partition coefficient (Wildman–Crippen LogP) is 3.53. The van der Waals surface area contributed by atoms with Gasteiger partial charge in [-0.1, -0.05) is 55.5 Å². The average Bonchev–Trinajstić information content (AvgIpc) is 3.05. The first-order valence-corrected chi connectivity index (χ1v) is 10.3. The Kier molecular flexibility index (Phi) is 6.63. The van der Waals surface area contributed by atoms with Crippen LogP contribution in [-0.2, 0) is 14.3 Å². The minimum absolute atomic E-state index is 0.0129. The first-order chi connectivity index (χ1) is 14.7. The Morgan fingerprint density at radius 2 is 1.58 bits per heavy atom. The highest BCUT2D eigenvalue weighted by Gasteiger charge is 2.31. The Bertz CT molecular complexity index is 940. The van der Waals surface area contributed by atoms with Gasteiger partial charge in [-0.3, -0.25) is 4.79 Å². The van der Waals surface area contributed by atoms with Gasteiger partial charge in [0.1, 0.15) is 12.1 Å². The lowest BCUT2D eigenvalue weighted by atomic mass is 9.98. The number of fused-ring (bicyclic) bond motifs is 3. The Balaban J connectivity index is 1.48. The van der Waals surface area contributed by atoms with Crippen molar-refractivity contribution in [3.05, 3.63) is 59.7 Å². The van der Waals surface area contributed by atoms with Crippen LogP contribution >= 0.6 is 0 Å². The molecule has 0 heterocycles. The van der Waals surface area contributed by atoms with Crippen LogP contribution in [0.15, 0.2) is 48.5 Å². The summed E-state index contributed by atoms with van der Waals surface area (Å²) in [5.74, 6) is -1.94. The SMILES string of the molecule is CC(CCNC(=O)OCC1c2ccccc2-c2ccccc21)C(=O)NC(C)(C)C(=O)O. The summed E-state index contributed by atoms with van der Waals surface area (Å²) in [7, 11) is 0. The maximum atomic E-state index is 12.2. The van der Waals surface area contributed by atoms with Crippen molar-refractivity contribution in [3.63, 3.8) is 0 Å². The molecule has 7 nitrogen and oxygen atoms in total. The number of amides is 2. The Labute approximate surface area is 181 Å². The fourth-order valence-electron chi connectivity index (χ4n) is 3.66. The Morgan fingerprint density at radius 1 is 1.03 bits per heavy atom. The highest BCUT2D eigenvalue weighted by atomic mass is 16.5. The molecule has 0 bridgehead atoms. The molecule has 1 atom stereocenters. The number of hydrogen-bond acceptors (Lipinski definition) is 4. The molecule has 164 valence electrons. The van der Waals surface area contributed by atoms with Gasteiger partial charge in [0.15, 0.2) is 0 Å². The molecule has 0 spiro atoms. The van der Waals surface area contributed by atoms with Crippen LogP contribution in [0.1, 0.15) is 44.2 Å². The van der Waals surface area contributed by atoms with Crippen LogP contribution in [-0.4, -0.2) is 41.8 Å². The van der Waals surface area contributed by atoms with Crippen LogP contribution in [0.4, 0.5) is 4.79 Å². The number of carbonyl (C=O) groups excluding carboxylic acids is 2. The van der Waals surface area contributed by atoms with E-state index in [9.17, 15) is 14.4 Å². The maximum absolute atomic E-state index is 12.2. The molecule has 0 fully saturated rings. The zero-order valence-electron chi connectivity index (χ0n) is 18.0. The molecule has 0 radical (unpaired) electrons. The van der Waals surface area contributed by atoms with Gasteiger partial charge in [0.05, 0.1) is 0 Å². The van der Waals surface area contributed by atoms with E-state index < -0.39 is 23.5 Å². The fraction of sp³-hybridized carbons (Fsp3) is 0.375. The van der Waals surface area contributed by atoms with Gasteiger partial charge in [-0.15, -0.1) is 0 Å². The molecule has 3 N–H and O–H groups in total. The van der Waals surface area contributed by atoms with Gasteiger partial charge in [0.2, 0.25) is 5.91 Å². The molecular weight excluding hydrogens is 396 g/mol. The normalized spacial score (nSPS) is 13.6. The van der Waals surface area contributed by atoms with E-state index in [2.05, 4.69) is 34.9 Å². The van der Waals surface area contributed by atoms with Gasteiger partial charge in [-0.05, 0) is 42.5 Å². The number of nitrogens with one attached hydrogen (secondary N) is 2. The molecule has 1 aliphatic rings. The van der Waals surface area contributed by atoms with E-state index in [1.54, 1.807) is 6.92 Å². The number of hydrogen-bond donors (Lipinski definition) is 3. The molecule has 3 rings (SSSR count). The van der Waals surface area contributed by atoms with Crippen LogP contribution in [0.2, 0.25) is 0 Å². The van der Waals surface area contributed by atoms with Crippen LogP contribution in [0.25, 0.3) is 11.1 Å². The molecule has 0 saturated carbocycles. The zero-order chi connectivity index (χ0) is 22.6. The van der Waals surface area contributed by atoms with Crippen LogP contribution in [0.5, 0.6) is 0 Å². The number of carbonyl (C=O) groups is 3. The number of alkyl carbamates (subject to hydrolysis) is 1. The van der Waals surface area contributed by atoms with Crippen molar-refractivity contribution in [3.8, 4) is 11.1 Å². The summed E-state index contributed by atoms with van der Waals surface area (Å²) in [6, 6.07) is 16.2. The standard InChI is InChI=1S/C24H28N2O5/c1-15(21(27)26-24(2,3)22(28)29)12-13-25-23(30)31-14-20-18-10-6-4-8-16(18)17-9-5-7-11-19(17)20/h4-11,15,20H,12-14H2,1-3H3,(H,25,30)(H,26,27)(H,28,29). The van der Waals surface area contributed by atoms with Crippen molar-refractivity contribution >= 4 is 18.0 Å². The first kappa shape index (κ1) is 22.3. The zero-order valence-corrected chi connectivity index (χ0v) is 18.0. The maximum Gasteiger partial charge on any atom is 0.407 e. The summed E-state index contributed by atoms with van der Waals surface area (Å²) in [5.41, 5.74) is 3.27. The first-order valence-electron chi connectivity index (χ1n) is 10.3. The van der Waals surface area contributed by atoms with Gasteiger partial charge in [0.25, 0.3) is 0 Å². The summed E-state index contributed by atoms with van der Waals surface area (Å²) in [6.07, 6.45) is -0.175. The summed E-state index contributed by atoms with van der Waals surface area (Å²) < 4.78 is 5.47. The van der Waals surface area contributed by atoms with Crippen molar-refractivity contribution in [1.29, 1.82) is 0 Å². The highest BCUT2D eigenvalue weighted by Crippen LogP contribution is 2.44. The molecule has 31 heavy (non-hydrogen) atoms. The Morgan fingerprint density at radius 3 is 2.13 bits per heavy atom. The van der Waals surface area contributed by atoms with Gasteiger partial charge in [-0.25, -0.2) is 9.59 Å². The number of benzene rings is 2. The molecular formula is C24H28N2O5. The van der Waals surface area contributed by atoms with Gasteiger partial charge < -0.3 is 20.5 Å². The van der Waals surface area contributed by atoms with Crippen LogP contribution in [0.3, 0.4) is 0 Å². The lowest BCUT2D eigenvalue weighted by molar-refractivity contribution is -0.146. The van der Waals surface area contributed by atoms with E-state index in [1.807, 2.05) is 24.3 Å². The van der Waals surface area contributed by atoms with Crippen LogP contribution < -0.4 is 10.6 Å². The van der Waals surface area contributed by atoms with E-state index in [0.717, 1.165) is 22.3 Å². The van der Waals surface area contributed by atoms with Gasteiger partial charge in [-0.2, -0.15) is 0 Å². The third-order valence-electron chi connectivity index (χ3n) is 5.61. The van der Waals surface area contributed by atoms with Gasteiger partial charge in [0, 0.05) is 18.4 Å². The number of rotatable bonds is 8. The molecule has 0 saturated heterocycles. The third kappa shape index (κ3) is 5.05. The summed E-state index contributed by atoms with van der Waals surface area (Å²) in [5, 5.41) is 14.3. The highest BCUT2D eigenvalue weighted by molar-refractivity contribution is 5.87. The largest absolute Gasteiger partial charge is 0.480 e. The minimum Gasteiger partial charge on any atom is -0.480 e. The quantitative estimate of drug-likeness (QED) is 0.601. The Hall–Kier alpha value is -3.35. The van der Waals surface area contributed by atoms with E-state index in [4.69, 9.17) is 9.84 Å². The number of aliphatic carboxylic acids is 1. The number of ether oxygens (including phenoxy) is 1. The second kappa shape index (κ2) is 9.20. The molecule has 0 aromatic heterocycles. The molecule has 0 aliphatic heterocycles. The molecule has 2 aromatic carbocycles. The van der Waals surface area contributed by atoms with Crippen molar-refractivity contribution in [1.82, 2.24) is 10.6 Å². The summed E-state index contributed by atoms with van der Waals surface area (Å²) in [4.78, 5) is 35.5. The summed E-state index contributed by atoms with van der Waals surface area (Å²) >= 11 is 0. The van der Waals surface area contributed by atoms with Crippen molar-refractivity contribution in [2.24, 2.45) is 5.92 Å². The second-order valence-corrected chi connectivity index (χ2v) is 8.36. The molecule has 7 heteroatoms. The smallest absolute Gasteiger partial charge is 0.407 e. The van der Waals surface area contributed by atoms with Crippen molar-refractivity contribution in [2.45, 2.75) is 38.6 Å². The molecule has 2 amide bonds. The third-order valence-corrected chi connectivity index (χ3v) is 5.61. The van der Waals surface area contributed by atoms with Crippen LogP contribution in [0, 0.1) is 5.92 Å². The summed E-state index contributed by atoms with van der Waals surface area (Å²) in [6.45, 7) is 5.01. The van der Waals surface area contributed by atoms with E-state index in [-0.39, 0.29) is 25.0 Å². The van der Waals surface area contributed by atoms with E-state index in [0.29, 0.717) is 6.42 Å². The predicted molar refractivity (Wildman–Crippen MR) is 117 cm³/mol. The van der Waals surface area contributed by atoms with Crippen molar-refractivity contribution < 1.29 is 24.2 Å². The second-order valence-electron chi connectivity index (χ2n) is 8.36. The number of carboxylic acid groups (broad SMARTS) is 1. The lowest BCUT2D eigenvalue weighted by Gasteiger charge is -2.23. The topological polar surface area (TPSA) is 105 Å². The monoisotopic (exact) mass is 424 g/mol. The van der Waals surface area contributed by atoms with E-state index in [1.165, 1.54) is 13.8 Å².